The standard InChI is InChI=1S/C17H30N6O9/c1-6(24)12(16(30)23-13(7(2)25)17(31)32)22-15(29)9(5-11(20)27)21-14(28)8(18)3-4-10(19)26/h6-9,12-13,24-25H,3-5,18H2,1-2H3,(H2,19,26)(H2,20,27)(H,21,28)(H,22,29)(H,23,30)(H,31,32). The molecular weight excluding hydrogens is 432 g/mol. The normalized spacial score (nSPS) is 16.4. The van der Waals surface area contributed by atoms with Crippen LogP contribution in [0.25, 0.3) is 0 Å². The van der Waals surface area contributed by atoms with Crippen molar-refractivity contribution in [2.24, 2.45) is 17.2 Å². The first-order valence-electron chi connectivity index (χ1n) is 9.49. The van der Waals surface area contributed by atoms with Crippen molar-refractivity contribution in [3.63, 3.8) is 0 Å². The summed E-state index contributed by atoms with van der Waals surface area (Å²) in [6.45, 7) is 2.22. The van der Waals surface area contributed by atoms with Crippen molar-refractivity contribution < 1.29 is 44.1 Å². The number of nitrogens with one attached hydrogen (secondary N) is 3. The number of aliphatic hydroxyl groups is 2. The van der Waals surface area contributed by atoms with Crippen molar-refractivity contribution in [3.8, 4) is 0 Å². The van der Waals surface area contributed by atoms with Gasteiger partial charge in [-0.15, -0.1) is 0 Å². The maximum atomic E-state index is 12.6. The second-order valence-electron chi connectivity index (χ2n) is 7.14. The van der Waals surface area contributed by atoms with Gasteiger partial charge in [0.05, 0.1) is 24.7 Å². The molecule has 0 aromatic heterocycles. The number of aliphatic carboxylic acids is 1. The Balaban J connectivity index is 5.41. The van der Waals surface area contributed by atoms with Crippen LogP contribution in [0.15, 0.2) is 0 Å². The van der Waals surface area contributed by atoms with E-state index in [0.29, 0.717) is 0 Å². The van der Waals surface area contributed by atoms with Crippen LogP contribution in [0.2, 0.25) is 0 Å². The SMILES string of the molecule is CC(O)C(NC(=O)C(NC(=O)C(CC(N)=O)NC(=O)C(N)CCC(N)=O)C(C)O)C(=O)O. The highest BCUT2D eigenvalue weighted by Crippen LogP contribution is 2.02. The lowest BCUT2D eigenvalue weighted by molar-refractivity contribution is -0.146. The van der Waals surface area contributed by atoms with E-state index in [2.05, 4.69) is 10.6 Å². The smallest absolute Gasteiger partial charge is 0.328 e. The van der Waals surface area contributed by atoms with Crippen molar-refractivity contribution in [2.75, 3.05) is 0 Å². The molecule has 0 saturated heterocycles. The lowest BCUT2D eigenvalue weighted by atomic mass is 10.1. The first-order chi connectivity index (χ1) is 14.7. The number of carboxylic acids is 1. The summed E-state index contributed by atoms with van der Waals surface area (Å²) in [5.41, 5.74) is 15.7. The molecule has 6 atom stereocenters. The van der Waals surface area contributed by atoms with Gasteiger partial charge in [0.1, 0.15) is 12.1 Å². The molecule has 0 aromatic carbocycles. The van der Waals surface area contributed by atoms with E-state index in [0.717, 1.165) is 13.8 Å². The molecule has 32 heavy (non-hydrogen) atoms. The third-order valence-corrected chi connectivity index (χ3v) is 4.19. The molecule has 0 aliphatic heterocycles. The second-order valence-corrected chi connectivity index (χ2v) is 7.14. The van der Waals surface area contributed by atoms with Crippen LogP contribution in [-0.2, 0) is 28.8 Å². The van der Waals surface area contributed by atoms with Gasteiger partial charge in [-0.2, -0.15) is 0 Å². The molecule has 0 aromatic rings. The predicted octanol–water partition coefficient (Wildman–Crippen LogP) is -5.24. The fourth-order valence-electron chi connectivity index (χ4n) is 2.41. The van der Waals surface area contributed by atoms with Gasteiger partial charge in [-0.25, -0.2) is 4.79 Å². The van der Waals surface area contributed by atoms with Gasteiger partial charge in [0.2, 0.25) is 29.5 Å². The minimum atomic E-state index is -1.73. The van der Waals surface area contributed by atoms with Crippen LogP contribution in [0.5, 0.6) is 0 Å². The molecule has 0 aliphatic carbocycles. The van der Waals surface area contributed by atoms with E-state index in [1.165, 1.54) is 0 Å². The minimum absolute atomic E-state index is 0.138. The third kappa shape index (κ3) is 10.1. The number of nitrogens with two attached hydrogens (primary N) is 3. The maximum absolute atomic E-state index is 12.6. The summed E-state index contributed by atoms with van der Waals surface area (Å²) in [7, 11) is 0. The molecule has 15 nitrogen and oxygen atoms in total. The van der Waals surface area contributed by atoms with Crippen molar-refractivity contribution in [1.82, 2.24) is 16.0 Å². The summed E-state index contributed by atoms with van der Waals surface area (Å²) in [5.74, 6) is -6.43. The average molecular weight is 462 g/mol. The molecule has 0 radical (unpaired) electrons. The molecule has 0 bridgehead atoms. The first-order valence-corrected chi connectivity index (χ1v) is 9.49. The van der Waals surface area contributed by atoms with Gasteiger partial charge in [-0.3, -0.25) is 24.0 Å². The van der Waals surface area contributed by atoms with Crippen molar-refractivity contribution in [2.45, 2.75) is 69.5 Å². The van der Waals surface area contributed by atoms with Gasteiger partial charge in [-0.05, 0) is 20.3 Å². The summed E-state index contributed by atoms with van der Waals surface area (Å²) >= 11 is 0. The fourth-order valence-corrected chi connectivity index (χ4v) is 2.41. The summed E-state index contributed by atoms with van der Waals surface area (Å²) in [6, 6.07) is -6.28. The van der Waals surface area contributed by atoms with Crippen LogP contribution in [-0.4, -0.2) is 87.2 Å². The lowest BCUT2D eigenvalue weighted by Crippen LogP contribution is -2.61. The predicted molar refractivity (Wildman–Crippen MR) is 107 cm³/mol. The molecule has 6 unspecified atom stereocenters. The Labute approximate surface area is 183 Å². The number of carbonyl (C=O) groups is 6. The lowest BCUT2D eigenvalue weighted by Gasteiger charge is -2.26. The molecule has 0 heterocycles. The molecule has 0 aliphatic rings. The summed E-state index contributed by atoms with van der Waals surface area (Å²) in [4.78, 5) is 70.3. The van der Waals surface area contributed by atoms with Gasteiger partial charge in [0, 0.05) is 6.42 Å². The van der Waals surface area contributed by atoms with Crippen LogP contribution in [0.4, 0.5) is 0 Å². The zero-order valence-electron chi connectivity index (χ0n) is 17.6. The van der Waals surface area contributed by atoms with Crippen LogP contribution in [0.1, 0.15) is 33.1 Å². The number of rotatable bonds is 14. The number of carboxylic acid groups (broad SMARTS) is 1. The zero-order chi connectivity index (χ0) is 25.2. The highest BCUT2D eigenvalue weighted by molar-refractivity contribution is 5.96. The van der Waals surface area contributed by atoms with Crippen molar-refractivity contribution in [3.05, 3.63) is 0 Å². The summed E-state index contributed by atoms with van der Waals surface area (Å²) in [6.07, 6.45) is -4.07. The van der Waals surface area contributed by atoms with Crippen molar-refractivity contribution >= 4 is 35.5 Å². The number of aliphatic hydroxyl groups excluding tert-OH is 2. The van der Waals surface area contributed by atoms with Gasteiger partial charge >= 0.3 is 5.97 Å². The Morgan fingerprint density at radius 2 is 1.28 bits per heavy atom. The quantitative estimate of drug-likeness (QED) is 0.118. The Morgan fingerprint density at radius 3 is 1.69 bits per heavy atom. The van der Waals surface area contributed by atoms with Crippen LogP contribution < -0.4 is 33.2 Å². The first kappa shape index (κ1) is 28.7. The number of primary amides is 2. The Kier molecular flexibility index (Phi) is 11.8. The largest absolute Gasteiger partial charge is 0.480 e. The van der Waals surface area contributed by atoms with E-state index in [1.54, 1.807) is 0 Å². The average Bonchev–Trinajstić information content (AvgIpc) is 2.65. The Bertz CT molecular complexity index is 727. The van der Waals surface area contributed by atoms with Crippen LogP contribution >= 0.6 is 0 Å². The van der Waals surface area contributed by atoms with E-state index >= 15 is 0 Å². The molecule has 5 amide bonds. The highest BCUT2D eigenvalue weighted by atomic mass is 16.4. The topological polar surface area (TPSA) is 277 Å². The van der Waals surface area contributed by atoms with E-state index in [-0.39, 0.29) is 12.8 Å². The molecule has 0 spiro atoms. The van der Waals surface area contributed by atoms with Gasteiger partial charge in [-0.1, -0.05) is 0 Å². The molecule has 0 fully saturated rings. The monoisotopic (exact) mass is 462 g/mol. The Hall–Kier alpha value is -3.30. The summed E-state index contributed by atoms with van der Waals surface area (Å²) in [5, 5.41) is 34.6. The summed E-state index contributed by atoms with van der Waals surface area (Å²) < 4.78 is 0. The van der Waals surface area contributed by atoms with Crippen molar-refractivity contribution in [1.29, 1.82) is 0 Å². The molecule has 0 rings (SSSR count). The number of hydrogen-bond donors (Lipinski definition) is 9. The number of carbonyl (C=O) groups excluding carboxylic acids is 5. The maximum Gasteiger partial charge on any atom is 0.328 e. The molecule has 182 valence electrons. The van der Waals surface area contributed by atoms with E-state index < -0.39 is 78.3 Å². The molecule has 12 N–H and O–H groups in total. The molecule has 15 heteroatoms. The minimum Gasteiger partial charge on any atom is -0.480 e. The number of hydrogen-bond acceptors (Lipinski definition) is 9. The third-order valence-electron chi connectivity index (χ3n) is 4.19. The Morgan fingerprint density at radius 1 is 0.781 bits per heavy atom. The van der Waals surface area contributed by atoms with Gasteiger partial charge in [0.25, 0.3) is 0 Å². The zero-order valence-corrected chi connectivity index (χ0v) is 17.6. The van der Waals surface area contributed by atoms with E-state index in [9.17, 15) is 39.0 Å². The van der Waals surface area contributed by atoms with Gasteiger partial charge < -0.3 is 48.5 Å². The van der Waals surface area contributed by atoms with Gasteiger partial charge in [0.15, 0.2) is 6.04 Å². The number of amides is 5. The van der Waals surface area contributed by atoms with Crippen LogP contribution in [0, 0.1) is 0 Å². The fraction of sp³-hybridized carbons (Fsp3) is 0.647. The molecule has 0 saturated carbocycles. The van der Waals surface area contributed by atoms with E-state index in [4.69, 9.17) is 22.3 Å². The van der Waals surface area contributed by atoms with Crippen LogP contribution in [0.3, 0.4) is 0 Å². The second kappa shape index (κ2) is 13.2. The molecular formula is C17H30N6O9. The highest BCUT2D eigenvalue weighted by Gasteiger charge is 2.34. The van der Waals surface area contributed by atoms with E-state index in [1.807, 2.05) is 5.32 Å².